The van der Waals surface area contributed by atoms with E-state index < -0.39 is 10.0 Å². The third kappa shape index (κ3) is 4.63. The molecule has 1 aliphatic heterocycles. The molecule has 3 rings (SSSR count). The fourth-order valence-electron chi connectivity index (χ4n) is 3.77. The van der Waals surface area contributed by atoms with Crippen LogP contribution in [0.25, 0.3) is 0 Å². The van der Waals surface area contributed by atoms with Crippen molar-refractivity contribution in [3.63, 3.8) is 0 Å². The highest BCUT2D eigenvalue weighted by atomic mass is 32.2. The third-order valence-corrected chi connectivity index (χ3v) is 7.35. The zero-order valence-corrected chi connectivity index (χ0v) is 18.0. The zero-order valence-electron chi connectivity index (χ0n) is 17.2. The topological polar surface area (TPSA) is 58.6 Å². The minimum atomic E-state index is -3.67. The normalized spacial score (nSPS) is 16.9. The highest BCUT2D eigenvalue weighted by molar-refractivity contribution is 7.89. The molecule has 0 saturated carbocycles. The summed E-state index contributed by atoms with van der Waals surface area (Å²) in [5.74, 6) is 0. The number of sulfonamides is 1. The summed E-state index contributed by atoms with van der Waals surface area (Å²) in [7, 11) is -3.67. The van der Waals surface area contributed by atoms with E-state index in [0.29, 0.717) is 24.7 Å². The Morgan fingerprint density at radius 1 is 1.00 bits per heavy atom. The lowest BCUT2D eigenvalue weighted by atomic mass is 10.0. The first kappa shape index (κ1) is 21.0. The van der Waals surface area contributed by atoms with Crippen LogP contribution >= 0.6 is 0 Å². The van der Waals surface area contributed by atoms with Gasteiger partial charge in [-0.3, -0.25) is 4.90 Å². The fraction of sp³-hybridized carbons (Fsp3) is 0.455. The monoisotopic (exact) mass is 402 g/mol. The molecule has 1 fully saturated rings. The van der Waals surface area contributed by atoms with Crippen LogP contribution in [-0.2, 0) is 14.8 Å². The van der Waals surface area contributed by atoms with Crippen molar-refractivity contribution in [3.05, 3.63) is 64.2 Å². The molecule has 0 aromatic heterocycles. The summed E-state index contributed by atoms with van der Waals surface area (Å²) in [5, 5.41) is 0. The van der Waals surface area contributed by atoms with Gasteiger partial charge < -0.3 is 4.74 Å². The molecule has 1 saturated heterocycles. The first-order chi connectivity index (χ1) is 13.3. The first-order valence-electron chi connectivity index (χ1n) is 9.74. The largest absolute Gasteiger partial charge is 0.379 e. The first-order valence-corrected chi connectivity index (χ1v) is 11.2. The lowest BCUT2D eigenvalue weighted by Crippen LogP contribution is -2.43. The number of morpholine rings is 1. The van der Waals surface area contributed by atoms with E-state index in [1.165, 1.54) is 0 Å². The molecule has 0 aliphatic carbocycles. The van der Waals surface area contributed by atoms with E-state index >= 15 is 0 Å². The van der Waals surface area contributed by atoms with Gasteiger partial charge in [0.15, 0.2) is 0 Å². The van der Waals surface area contributed by atoms with Crippen molar-refractivity contribution in [1.82, 2.24) is 9.62 Å². The summed E-state index contributed by atoms with van der Waals surface area (Å²) >= 11 is 0. The van der Waals surface area contributed by atoms with Crippen LogP contribution < -0.4 is 4.72 Å². The average molecular weight is 403 g/mol. The van der Waals surface area contributed by atoms with Gasteiger partial charge in [0, 0.05) is 19.6 Å². The molecule has 1 heterocycles. The van der Waals surface area contributed by atoms with Crippen LogP contribution in [0.2, 0.25) is 0 Å². The molecule has 0 bridgehead atoms. The maximum absolute atomic E-state index is 13.4. The second kappa shape index (κ2) is 8.74. The molecular formula is C22H30N2O3S. The van der Waals surface area contributed by atoms with Crippen molar-refractivity contribution in [2.75, 3.05) is 32.8 Å². The molecule has 6 heteroatoms. The lowest BCUT2D eigenvalue weighted by Gasteiger charge is -2.31. The van der Waals surface area contributed by atoms with Crippen LogP contribution in [0.3, 0.4) is 0 Å². The van der Waals surface area contributed by atoms with Gasteiger partial charge in [0.2, 0.25) is 10.0 Å². The van der Waals surface area contributed by atoms with Crippen LogP contribution in [-0.4, -0.2) is 46.2 Å². The van der Waals surface area contributed by atoms with Crippen molar-refractivity contribution in [1.29, 1.82) is 0 Å². The van der Waals surface area contributed by atoms with E-state index in [2.05, 4.69) is 9.62 Å². The second-order valence-electron chi connectivity index (χ2n) is 7.59. The van der Waals surface area contributed by atoms with Gasteiger partial charge in [-0.25, -0.2) is 13.1 Å². The number of nitrogens with one attached hydrogen (secondary N) is 1. The Morgan fingerprint density at radius 3 is 2.14 bits per heavy atom. The van der Waals surface area contributed by atoms with Crippen molar-refractivity contribution >= 4 is 10.0 Å². The van der Waals surface area contributed by atoms with Crippen LogP contribution in [0.4, 0.5) is 0 Å². The summed E-state index contributed by atoms with van der Waals surface area (Å²) in [6.07, 6.45) is 0. The number of ether oxygens (including phenoxy) is 1. The van der Waals surface area contributed by atoms with E-state index in [9.17, 15) is 8.42 Å². The number of aryl methyl sites for hydroxylation is 2. The molecular weight excluding hydrogens is 372 g/mol. The van der Waals surface area contributed by atoms with E-state index in [1.807, 2.05) is 64.1 Å². The van der Waals surface area contributed by atoms with Gasteiger partial charge in [-0.15, -0.1) is 0 Å². The second-order valence-corrected chi connectivity index (χ2v) is 9.24. The summed E-state index contributed by atoms with van der Waals surface area (Å²) in [6.45, 7) is 11.3. The zero-order chi connectivity index (χ0) is 20.3. The highest BCUT2D eigenvalue weighted by Crippen LogP contribution is 2.28. The van der Waals surface area contributed by atoms with Crippen molar-refractivity contribution in [2.24, 2.45) is 0 Å². The van der Waals surface area contributed by atoms with Crippen LogP contribution in [0.5, 0.6) is 0 Å². The molecule has 152 valence electrons. The van der Waals surface area contributed by atoms with Crippen LogP contribution in [0.15, 0.2) is 41.3 Å². The highest BCUT2D eigenvalue weighted by Gasteiger charge is 2.27. The summed E-state index contributed by atoms with van der Waals surface area (Å²) in [5.41, 5.74) is 4.58. The molecule has 2 aromatic rings. The Hall–Kier alpha value is -1.73. The predicted molar refractivity (Wildman–Crippen MR) is 112 cm³/mol. The molecule has 0 spiro atoms. The summed E-state index contributed by atoms with van der Waals surface area (Å²) in [6, 6.07) is 11.5. The number of hydrogen-bond acceptors (Lipinski definition) is 4. The Morgan fingerprint density at radius 2 is 1.57 bits per heavy atom. The van der Waals surface area contributed by atoms with Crippen molar-refractivity contribution in [3.8, 4) is 0 Å². The van der Waals surface area contributed by atoms with E-state index in [0.717, 1.165) is 40.9 Å². The van der Waals surface area contributed by atoms with E-state index in [1.54, 1.807) is 0 Å². The van der Waals surface area contributed by atoms with Crippen LogP contribution in [0, 0.1) is 27.7 Å². The molecule has 28 heavy (non-hydrogen) atoms. The summed E-state index contributed by atoms with van der Waals surface area (Å²) < 4.78 is 35.3. The number of nitrogens with zero attached hydrogens (tertiary/aromatic N) is 1. The fourth-order valence-corrected chi connectivity index (χ4v) is 5.60. The molecule has 0 amide bonds. The van der Waals surface area contributed by atoms with Gasteiger partial charge in [0.1, 0.15) is 0 Å². The van der Waals surface area contributed by atoms with E-state index in [-0.39, 0.29) is 6.04 Å². The maximum atomic E-state index is 13.4. The van der Waals surface area contributed by atoms with Gasteiger partial charge in [0.25, 0.3) is 0 Å². The SMILES string of the molecule is Cc1cc(C)c(C)c(S(=O)(=O)N[C@H](CN2CCOCC2)c2ccccc2)c1C. The minimum Gasteiger partial charge on any atom is -0.379 e. The third-order valence-electron chi connectivity index (χ3n) is 5.61. The van der Waals surface area contributed by atoms with Gasteiger partial charge in [-0.1, -0.05) is 36.4 Å². The van der Waals surface area contributed by atoms with E-state index in [4.69, 9.17) is 4.74 Å². The smallest absolute Gasteiger partial charge is 0.241 e. The Kier molecular flexibility index (Phi) is 6.55. The van der Waals surface area contributed by atoms with Gasteiger partial charge in [-0.2, -0.15) is 0 Å². The summed E-state index contributed by atoms with van der Waals surface area (Å²) in [4.78, 5) is 2.66. The van der Waals surface area contributed by atoms with Gasteiger partial charge in [0.05, 0.1) is 24.2 Å². The molecule has 1 N–H and O–H groups in total. The predicted octanol–water partition coefficient (Wildman–Crippen LogP) is 3.27. The Bertz CT molecular complexity index is 894. The van der Waals surface area contributed by atoms with Crippen molar-refractivity contribution in [2.45, 2.75) is 38.6 Å². The molecule has 2 aromatic carbocycles. The Labute approximate surface area is 168 Å². The molecule has 5 nitrogen and oxygen atoms in total. The maximum Gasteiger partial charge on any atom is 0.241 e. The number of rotatable bonds is 6. The molecule has 1 aliphatic rings. The standard InChI is InChI=1S/C22H30N2O3S/c1-16-14-17(2)19(4)22(18(16)3)28(25,26)23-21(20-8-6-5-7-9-20)15-24-10-12-27-13-11-24/h5-9,14,21,23H,10-13,15H2,1-4H3/t21-/m1/s1. The Balaban J connectivity index is 1.96. The number of benzene rings is 2. The van der Waals surface area contributed by atoms with Crippen molar-refractivity contribution < 1.29 is 13.2 Å². The average Bonchev–Trinajstić information content (AvgIpc) is 2.67. The van der Waals surface area contributed by atoms with Crippen LogP contribution in [0.1, 0.15) is 33.9 Å². The molecule has 1 atom stereocenters. The number of hydrogen-bond donors (Lipinski definition) is 1. The quantitative estimate of drug-likeness (QED) is 0.806. The molecule has 0 radical (unpaired) electrons. The molecule has 0 unspecified atom stereocenters. The lowest BCUT2D eigenvalue weighted by molar-refractivity contribution is 0.0345. The van der Waals surface area contributed by atoms with Gasteiger partial charge >= 0.3 is 0 Å². The van der Waals surface area contributed by atoms with Gasteiger partial charge in [-0.05, 0) is 55.5 Å². The minimum absolute atomic E-state index is 0.316.